The molecule has 126 valence electrons. The maximum atomic E-state index is 12.4. The van der Waals surface area contributed by atoms with Crippen LogP contribution in [0.4, 0.5) is 5.00 Å². The number of aromatic nitrogens is 1. The summed E-state index contributed by atoms with van der Waals surface area (Å²) in [6.45, 7) is 0. The lowest BCUT2D eigenvalue weighted by atomic mass is 9.96. The second-order valence-corrected chi connectivity index (χ2v) is 8.65. The average molecular weight is 386 g/mol. The number of rotatable bonds is 4. The monoisotopic (exact) mass is 385 g/mol. The number of hydrogen-bond donors (Lipinski definition) is 1. The molecule has 0 radical (unpaired) electrons. The SMILES string of the molecule is N#Cc1c(NC(=O)Cc2csc(-c3ccsc3)n2)sc2c1CCCC2. The highest BCUT2D eigenvalue weighted by Crippen LogP contribution is 2.37. The van der Waals surface area contributed by atoms with Gasteiger partial charge in [-0.25, -0.2) is 4.98 Å². The van der Waals surface area contributed by atoms with Gasteiger partial charge in [-0.1, -0.05) is 0 Å². The van der Waals surface area contributed by atoms with E-state index in [4.69, 9.17) is 0 Å². The number of thiophene rings is 2. The molecule has 1 N–H and O–H groups in total. The smallest absolute Gasteiger partial charge is 0.231 e. The minimum atomic E-state index is -0.114. The number of carbonyl (C=O) groups is 1. The number of nitrogens with zero attached hydrogens (tertiary/aromatic N) is 2. The zero-order chi connectivity index (χ0) is 17.2. The number of thiazole rings is 1. The summed E-state index contributed by atoms with van der Waals surface area (Å²) in [5.74, 6) is -0.114. The van der Waals surface area contributed by atoms with Gasteiger partial charge >= 0.3 is 0 Å². The van der Waals surface area contributed by atoms with E-state index in [0.29, 0.717) is 10.6 Å². The molecule has 0 fully saturated rings. The molecule has 7 heteroatoms. The summed E-state index contributed by atoms with van der Waals surface area (Å²) in [6, 6.07) is 4.31. The van der Waals surface area contributed by atoms with E-state index in [1.807, 2.05) is 16.8 Å². The van der Waals surface area contributed by atoms with Crippen LogP contribution in [0.2, 0.25) is 0 Å². The minimum absolute atomic E-state index is 0.114. The predicted octanol–water partition coefficient (Wildman–Crippen LogP) is 4.86. The lowest BCUT2D eigenvalue weighted by Crippen LogP contribution is -2.14. The molecule has 4 rings (SSSR count). The van der Waals surface area contributed by atoms with E-state index in [1.54, 1.807) is 34.0 Å². The highest BCUT2D eigenvalue weighted by atomic mass is 32.1. The zero-order valence-corrected chi connectivity index (χ0v) is 15.8. The number of nitrogens with one attached hydrogen (secondary N) is 1. The number of fused-ring (bicyclic) bond motifs is 1. The van der Waals surface area contributed by atoms with Crippen LogP contribution in [-0.2, 0) is 24.1 Å². The maximum absolute atomic E-state index is 12.4. The first-order chi connectivity index (χ1) is 12.2. The lowest BCUT2D eigenvalue weighted by molar-refractivity contribution is -0.115. The van der Waals surface area contributed by atoms with Crippen LogP contribution in [0.3, 0.4) is 0 Å². The van der Waals surface area contributed by atoms with Crippen molar-refractivity contribution in [3.8, 4) is 16.6 Å². The molecule has 0 unspecified atom stereocenters. The van der Waals surface area contributed by atoms with Crippen molar-refractivity contribution >= 4 is 44.9 Å². The Kier molecular flexibility index (Phi) is 4.66. The van der Waals surface area contributed by atoms with E-state index < -0.39 is 0 Å². The lowest BCUT2D eigenvalue weighted by Gasteiger charge is -2.09. The van der Waals surface area contributed by atoms with Crippen LogP contribution in [0.15, 0.2) is 22.2 Å². The van der Waals surface area contributed by atoms with Gasteiger partial charge in [0.25, 0.3) is 0 Å². The fourth-order valence-corrected chi connectivity index (χ4v) is 5.80. The average Bonchev–Trinajstić information content (AvgIpc) is 3.33. The van der Waals surface area contributed by atoms with E-state index in [9.17, 15) is 10.1 Å². The third-order valence-electron chi connectivity index (χ3n) is 4.20. The Morgan fingerprint density at radius 3 is 3.00 bits per heavy atom. The molecule has 3 aromatic rings. The largest absolute Gasteiger partial charge is 0.316 e. The van der Waals surface area contributed by atoms with Crippen LogP contribution in [0.5, 0.6) is 0 Å². The first-order valence-electron chi connectivity index (χ1n) is 8.06. The van der Waals surface area contributed by atoms with Gasteiger partial charge < -0.3 is 5.32 Å². The highest BCUT2D eigenvalue weighted by molar-refractivity contribution is 7.16. The van der Waals surface area contributed by atoms with Gasteiger partial charge in [0.1, 0.15) is 16.1 Å². The Morgan fingerprint density at radius 2 is 2.20 bits per heavy atom. The molecular formula is C18H15N3OS3. The Balaban J connectivity index is 1.48. The molecule has 0 saturated heterocycles. The molecule has 1 aliphatic carbocycles. The third kappa shape index (κ3) is 3.38. The molecular weight excluding hydrogens is 370 g/mol. The Bertz CT molecular complexity index is 947. The van der Waals surface area contributed by atoms with Crippen LogP contribution in [0.1, 0.15) is 34.5 Å². The van der Waals surface area contributed by atoms with Crippen molar-refractivity contribution in [2.24, 2.45) is 0 Å². The molecule has 3 aromatic heterocycles. The number of nitriles is 1. The molecule has 4 nitrogen and oxygen atoms in total. The molecule has 0 bridgehead atoms. The summed E-state index contributed by atoms with van der Waals surface area (Å²) in [5, 5.41) is 20.0. The van der Waals surface area contributed by atoms with Crippen LogP contribution in [0.25, 0.3) is 10.6 Å². The van der Waals surface area contributed by atoms with Crippen LogP contribution >= 0.6 is 34.0 Å². The van der Waals surface area contributed by atoms with Crippen molar-refractivity contribution in [1.82, 2.24) is 4.98 Å². The van der Waals surface area contributed by atoms with Crippen molar-refractivity contribution < 1.29 is 4.79 Å². The maximum Gasteiger partial charge on any atom is 0.231 e. The first-order valence-corrected chi connectivity index (χ1v) is 10.7. The van der Waals surface area contributed by atoms with Crippen LogP contribution in [0, 0.1) is 11.3 Å². The van der Waals surface area contributed by atoms with E-state index >= 15 is 0 Å². The second kappa shape index (κ2) is 7.08. The van der Waals surface area contributed by atoms with Crippen molar-refractivity contribution in [2.75, 3.05) is 5.32 Å². The molecule has 0 saturated carbocycles. The van der Waals surface area contributed by atoms with Crippen molar-refractivity contribution in [3.05, 3.63) is 43.9 Å². The fraction of sp³-hybridized carbons (Fsp3) is 0.278. The number of carbonyl (C=O) groups excluding carboxylic acids is 1. The molecule has 0 aliphatic heterocycles. The van der Waals surface area contributed by atoms with Crippen LogP contribution < -0.4 is 5.32 Å². The number of aryl methyl sites for hydroxylation is 1. The summed E-state index contributed by atoms with van der Waals surface area (Å²) < 4.78 is 0. The van der Waals surface area contributed by atoms with Crippen molar-refractivity contribution in [2.45, 2.75) is 32.1 Å². The standard InChI is InChI=1S/C18H15N3OS3/c19-8-14-13-3-1-2-4-15(13)25-18(14)21-16(22)7-12-10-24-17(20-12)11-5-6-23-9-11/h5-6,9-10H,1-4,7H2,(H,21,22). The number of amides is 1. The summed E-state index contributed by atoms with van der Waals surface area (Å²) in [4.78, 5) is 18.2. The molecule has 25 heavy (non-hydrogen) atoms. The van der Waals surface area contributed by atoms with Gasteiger partial charge in [-0.05, 0) is 42.7 Å². The predicted molar refractivity (Wildman–Crippen MR) is 103 cm³/mol. The third-order valence-corrected chi connectivity index (χ3v) is 7.03. The molecule has 1 amide bonds. The van der Waals surface area contributed by atoms with E-state index in [-0.39, 0.29) is 12.3 Å². The summed E-state index contributed by atoms with van der Waals surface area (Å²) >= 11 is 4.74. The molecule has 0 atom stereocenters. The summed E-state index contributed by atoms with van der Waals surface area (Å²) in [5.41, 5.74) is 3.66. The normalized spacial score (nSPS) is 13.2. The minimum Gasteiger partial charge on any atom is -0.316 e. The molecule has 0 spiro atoms. The van der Waals surface area contributed by atoms with Crippen molar-refractivity contribution in [3.63, 3.8) is 0 Å². The molecule has 3 heterocycles. The van der Waals surface area contributed by atoms with E-state index in [0.717, 1.165) is 47.5 Å². The topological polar surface area (TPSA) is 65.8 Å². The quantitative estimate of drug-likeness (QED) is 0.697. The fourth-order valence-electron chi connectivity index (χ4n) is 3.01. The van der Waals surface area contributed by atoms with Gasteiger partial charge in [0.15, 0.2) is 0 Å². The zero-order valence-electron chi connectivity index (χ0n) is 13.4. The van der Waals surface area contributed by atoms with Gasteiger partial charge in [0.2, 0.25) is 5.91 Å². The Hall–Kier alpha value is -2.01. The number of hydrogen-bond acceptors (Lipinski definition) is 6. The van der Waals surface area contributed by atoms with E-state index in [2.05, 4.69) is 21.8 Å². The van der Waals surface area contributed by atoms with Gasteiger partial charge in [-0.15, -0.1) is 22.7 Å². The summed E-state index contributed by atoms with van der Waals surface area (Å²) in [7, 11) is 0. The second-order valence-electron chi connectivity index (χ2n) is 5.91. The molecule has 1 aliphatic rings. The Labute approximate surface area is 157 Å². The van der Waals surface area contributed by atoms with Gasteiger partial charge in [0.05, 0.1) is 17.7 Å². The molecule has 0 aromatic carbocycles. The van der Waals surface area contributed by atoms with Gasteiger partial charge in [-0.3, -0.25) is 4.79 Å². The van der Waals surface area contributed by atoms with Gasteiger partial charge in [-0.2, -0.15) is 16.6 Å². The first kappa shape index (κ1) is 16.5. The van der Waals surface area contributed by atoms with Crippen LogP contribution in [-0.4, -0.2) is 10.9 Å². The number of anilines is 1. The van der Waals surface area contributed by atoms with Crippen molar-refractivity contribution in [1.29, 1.82) is 5.26 Å². The van der Waals surface area contributed by atoms with E-state index in [1.165, 1.54) is 4.88 Å². The van der Waals surface area contributed by atoms with Gasteiger partial charge in [0, 0.05) is 21.2 Å². The highest BCUT2D eigenvalue weighted by Gasteiger charge is 2.22. The summed E-state index contributed by atoms with van der Waals surface area (Å²) in [6.07, 6.45) is 4.47. The Morgan fingerprint density at radius 1 is 1.32 bits per heavy atom.